The average molecular weight is 422 g/mol. The molecule has 0 N–H and O–H groups in total. The fourth-order valence-corrected chi connectivity index (χ4v) is 3.65. The normalized spacial score (nSPS) is 11.3. The van der Waals surface area contributed by atoms with Crippen LogP contribution in [0.15, 0.2) is 41.8 Å². The fraction of sp³-hybridized carbons (Fsp3) is 0.455. The molecule has 0 radical (unpaired) electrons. The minimum Gasteiger partial charge on any atom is -0.444 e. The number of carbonyl (C=O) groups is 2. The second-order valence-corrected chi connectivity index (χ2v) is 9.02. The van der Waals surface area contributed by atoms with Gasteiger partial charge in [0.2, 0.25) is 0 Å². The number of carbonyl (C=O) groups excluding carboxylic acids is 2. The highest BCUT2D eigenvalue weighted by Crippen LogP contribution is 2.18. The predicted molar refractivity (Wildman–Crippen MR) is 115 cm³/mol. The molecule has 1 heterocycles. The third kappa shape index (κ3) is 7.64. The number of ether oxygens (including phenoxy) is 1. The van der Waals surface area contributed by atoms with Crippen LogP contribution in [-0.2, 0) is 11.2 Å². The number of rotatable bonds is 9. The first-order valence-electron chi connectivity index (χ1n) is 9.54. The van der Waals surface area contributed by atoms with Gasteiger partial charge in [0, 0.05) is 24.5 Å². The Bertz CT molecular complexity index is 768. The molecule has 0 unspecified atom stereocenters. The van der Waals surface area contributed by atoms with Gasteiger partial charge in [-0.2, -0.15) is 0 Å². The highest BCUT2D eigenvalue weighted by molar-refractivity contribution is 7.12. The van der Waals surface area contributed by atoms with E-state index in [0.29, 0.717) is 31.0 Å². The molecule has 4 nitrogen and oxygen atoms in total. The number of hydrogen-bond donors (Lipinski definition) is 0. The Morgan fingerprint density at radius 2 is 1.82 bits per heavy atom. The highest BCUT2D eigenvalue weighted by atomic mass is 35.5. The van der Waals surface area contributed by atoms with E-state index in [1.807, 2.05) is 62.5 Å². The number of Topliss-reactive ketones (excluding diaryl/α,β-unsaturated/α-hetero) is 1. The summed E-state index contributed by atoms with van der Waals surface area (Å²) in [5.74, 6) is 0.162. The third-order valence-electron chi connectivity index (χ3n) is 4.14. The molecule has 0 atom stereocenters. The van der Waals surface area contributed by atoms with Gasteiger partial charge in [-0.05, 0) is 63.1 Å². The zero-order chi connectivity index (χ0) is 20.6. The summed E-state index contributed by atoms with van der Waals surface area (Å²) in [6.45, 7) is 6.65. The Morgan fingerprint density at radius 3 is 2.46 bits per heavy atom. The smallest absolute Gasteiger partial charge is 0.410 e. The van der Waals surface area contributed by atoms with Gasteiger partial charge in [-0.3, -0.25) is 4.79 Å². The fourth-order valence-electron chi connectivity index (χ4n) is 2.73. The lowest BCUT2D eigenvalue weighted by Crippen LogP contribution is -2.38. The van der Waals surface area contributed by atoms with Crippen LogP contribution in [0, 0.1) is 0 Å². The Balaban J connectivity index is 1.89. The monoisotopic (exact) mass is 421 g/mol. The van der Waals surface area contributed by atoms with E-state index in [4.69, 9.17) is 16.3 Å². The molecule has 0 aliphatic rings. The summed E-state index contributed by atoms with van der Waals surface area (Å²) in [4.78, 5) is 27.2. The van der Waals surface area contributed by atoms with Crippen molar-refractivity contribution in [1.29, 1.82) is 0 Å². The lowest BCUT2D eigenvalue weighted by Gasteiger charge is -2.27. The van der Waals surface area contributed by atoms with Crippen LogP contribution in [0.5, 0.6) is 0 Å². The van der Waals surface area contributed by atoms with Crippen LogP contribution in [0.2, 0.25) is 5.02 Å². The first kappa shape index (κ1) is 22.4. The first-order valence-corrected chi connectivity index (χ1v) is 10.8. The maximum atomic E-state index is 12.6. The largest absolute Gasteiger partial charge is 0.444 e. The molecule has 0 bridgehead atoms. The number of amides is 1. The van der Waals surface area contributed by atoms with Crippen molar-refractivity contribution < 1.29 is 14.3 Å². The van der Waals surface area contributed by atoms with Crippen molar-refractivity contribution in [1.82, 2.24) is 4.90 Å². The number of hydrogen-bond acceptors (Lipinski definition) is 4. The molecule has 0 saturated carbocycles. The van der Waals surface area contributed by atoms with Crippen molar-refractivity contribution in [3.63, 3.8) is 0 Å². The zero-order valence-corrected chi connectivity index (χ0v) is 18.3. The molecule has 0 saturated heterocycles. The maximum Gasteiger partial charge on any atom is 0.410 e. The molecule has 0 aliphatic heterocycles. The summed E-state index contributed by atoms with van der Waals surface area (Å²) < 4.78 is 5.54. The van der Waals surface area contributed by atoms with E-state index in [1.54, 1.807) is 4.90 Å². The third-order valence-corrected chi connectivity index (χ3v) is 5.42. The summed E-state index contributed by atoms with van der Waals surface area (Å²) in [6, 6.07) is 11.4. The molecule has 6 heteroatoms. The molecular formula is C22H28ClNO3S. The van der Waals surface area contributed by atoms with E-state index in [-0.39, 0.29) is 11.9 Å². The minimum atomic E-state index is -0.547. The molecule has 28 heavy (non-hydrogen) atoms. The Kier molecular flexibility index (Phi) is 8.52. The van der Waals surface area contributed by atoms with Crippen molar-refractivity contribution in [2.45, 2.75) is 52.1 Å². The Hall–Kier alpha value is -1.85. The standard InChI is InChI=1S/C22H28ClNO3S/c1-22(2,3)27-21(26)24(15-13-17-9-4-5-10-18(17)23)14-7-6-11-19(25)20-12-8-16-28-20/h4-5,8-10,12,16H,6-7,11,13-15H2,1-3H3. The van der Waals surface area contributed by atoms with Gasteiger partial charge < -0.3 is 9.64 Å². The quantitative estimate of drug-likeness (QED) is 0.356. The lowest BCUT2D eigenvalue weighted by atomic mass is 10.1. The van der Waals surface area contributed by atoms with Crippen molar-refractivity contribution in [2.75, 3.05) is 13.1 Å². The number of halogens is 1. The second kappa shape index (κ2) is 10.6. The molecule has 0 aliphatic carbocycles. The molecular weight excluding hydrogens is 394 g/mol. The van der Waals surface area contributed by atoms with Crippen molar-refractivity contribution in [3.05, 3.63) is 57.2 Å². The second-order valence-electron chi connectivity index (χ2n) is 7.67. The van der Waals surface area contributed by atoms with Gasteiger partial charge in [0.25, 0.3) is 0 Å². The van der Waals surface area contributed by atoms with Crippen LogP contribution in [0.1, 0.15) is 55.3 Å². The van der Waals surface area contributed by atoms with Gasteiger partial charge in [0.05, 0.1) is 4.88 Å². The zero-order valence-electron chi connectivity index (χ0n) is 16.7. The van der Waals surface area contributed by atoms with E-state index < -0.39 is 5.60 Å². The van der Waals surface area contributed by atoms with Crippen LogP contribution in [0.25, 0.3) is 0 Å². The number of thiophene rings is 1. The molecule has 0 spiro atoms. The van der Waals surface area contributed by atoms with Gasteiger partial charge in [-0.25, -0.2) is 4.79 Å². The van der Waals surface area contributed by atoms with E-state index >= 15 is 0 Å². The van der Waals surface area contributed by atoms with E-state index in [2.05, 4.69) is 0 Å². The van der Waals surface area contributed by atoms with Crippen LogP contribution >= 0.6 is 22.9 Å². The molecule has 2 rings (SSSR count). The van der Waals surface area contributed by atoms with E-state index in [0.717, 1.165) is 23.3 Å². The summed E-state index contributed by atoms with van der Waals surface area (Å²) in [7, 11) is 0. The SMILES string of the molecule is CC(C)(C)OC(=O)N(CCCCC(=O)c1cccs1)CCc1ccccc1Cl. The molecule has 1 aromatic carbocycles. The van der Waals surface area contributed by atoms with Crippen LogP contribution in [-0.4, -0.2) is 35.5 Å². The van der Waals surface area contributed by atoms with Crippen molar-refractivity contribution in [3.8, 4) is 0 Å². The van der Waals surface area contributed by atoms with Crippen LogP contribution in [0.4, 0.5) is 4.79 Å². The van der Waals surface area contributed by atoms with Gasteiger partial charge in [0.15, 0.2) is 5.78 Å². The lowest BCUT2D eigenvalue weighted by molar-refractivity contribution is 0.0249. The van der Waals surface area contributed by atoms with Crippen LogP contribution in [0.3, 0.4) is 0 Å². The van der Waals surface area contributed by atoms with E-state index in [1.165, 1.54) is 11.3 Å². The molecule has 1 aromatic heterocycles. The summed E-state index contributed by atoms with van der Waals surface area (Å²) in [5.41, 5.74) is 0.458. The number of ketones is 1. The first-order chi connectivity index (χ1) is 13.3. The predicted octanol–water partition coefficient (Wildman–Crippen LogP) is 6.23. The summed E-state index contributed by atoms with van der Waals surface area (Å²) >= 11 is 7.70. The topological polar surface area (TPSA) is 46.6 Å². The Morgan fingerprint density at radius 1 is 1.07 bits per heavy atom. The molecule has 152 valence electrons. The van der Waals surface area contributed by atoms with E-state index in [9.17, 15) is 9.59 Å². The highest BCUT2D eigenvalue weighted by Gasteiger charge is 2.22. The molecule has 0 fully saturated rings. The Labute approximate surface area is 176 Å². The number of benzene rings is 1. The maximum absolute atomic E-state index is 12.6. The molecule has 1 amide bonds. The minimum absolute atomic E-state index is 0.162. The number of nitrogens with zero attached hydrogens (tertiary/aromatic N) is 1. The summed E-state index contributed by atoms with van der Waals surface area (Å²) in [6.07, 6.45) is 2.31. The molecule has 2 aromatic rings. The average Bonchev–Trinajstić information content (AvgIpc) is 3.15. The van der Waals surface area contributed by atoms with Gasteiger partial charge >= 0.3 is 6.09 Å². The summed E-state index contributed by atoms with van der Waals surface area (Å²) in [5, 5.41) is 2.61. The van der Waals surface area contributed by atoms with Gasteiger partial charge in [-0.15, -0.1) is 11.3 Å². The van der Waals surface area contributed by atoms with Crippen molar-refractivity contribution in [2.24, 2.45) is 0 Å². The van der Waals surface area contributed by atoms with Crippen molar-refractivity contribution >= 4 is 34.8 Å². The van der Waals surface area contributed by atoms with Crippen LogP contribution < -0.4 is 0 Å². The van der Waals surface area contributed by atoms with Gasteiger partial charge in [0.1, 0.15) is 5.60 Å². The number of unbranched alkanes of at least 4 members (excludes halogenated alkanes) is 1. The van der Waals surface area contributed by atoms with Gasteiger partial charge in [-0.1, -0.05) is 35.9 Å².